The number of hydrogen-bond acceptors (Lipinski definition) is 9. The van der Waals surface area contributed by atoms with E-state index >= 15 is 0 Å². The number of aliphatic hydroxyl groups is 1. The number of aliphatic hydroxyl groups excluding tert-OH is 1. The predicted octanol–water partition coefficient (Wildman–Crippen LogP) is 2.78. The second-order valence-electron chi connectivity index (χ2n) is 8.15. The van der Waals surface area contributed by atoms with Crippen molar-refractivity contribution in [3.8, 4) is 6.07 Å². The number of nitrogens with zero attached hydrogens (tertiary/aromatic N) is 7. The number of halogens is 1. The molecule has 1 aliphatic rings. The molecule has 11 heteroatoms. The van der Waals surface area contributed by atoms with Gasteiger partial charge in [-0.05, 0) is 33.3 Å². The second kappa shape index (κ2) is 8.92. The molecule has 0 saturated carbocycles. The maximum Gasteiger partial charge on any atom is 0.227 e. The van der Waals surface area contributed by atoms with Crippen molar-refractivity contribution in [1.82, 2.24) is 24.7 Å². The van der Waals surface area contributed by atoms with Crippen LogP contribution in [0.3, 0.4) is 0 Å². The van der Waals surface area contributed by atoms with Crippen LogP contribution in [0.25, 0.3) is 10.9 Å². The fourth-order valence-corrected chi connectivity index (χ4v) is 3.61. The van der Waals surface area contributed by atoms with Gasteiger partial charge in [-0.2, -0.15) is 15.3 Å². The number of piperidine rings is 1. The average molecular weight is 439 g/mol. The Hall–Kier alpha value is -3.52. The van der Waals surface area contributed by atoms with E-state index in [1.165, 1.54) is 0 Å². The van der Waals surface area contributed by atoms with Gasteiger partial charge in [0.15, 0.2) is 5.82 Å². The summed E-state index contributed by atoms with van der Waals surface area (Å²) in [4.78, 5) is 14.9. The summed E-state index contributed by atoms with van der Waals surface area (Å²) in [6.07, 6.45) is 1.38. The lowest BCUT2D eigenvalue weighted by Gasteiger charge is -2.32. The third-order valence-corrected chi connectivity index (χ3v) is 5.32. The van der Waals surface area contributed by atoms with Crippen LogP contribution in [-0.2, 0) is 0 Å². The van der Waals surface area contributed by atoms with E-state index in [2.05, 4.69) is 36.8 Å². The molecule has 32 heavy (non-hydrogen) atoms. The maximum absolute atomic E-state index is 13.9. The van der Waals surface area contributed by atoms with E-state index in [1.807, 2.05) is 24.6 Å². The molecule has 0 spiro atoms. The molecule has 0 aliphatic carbocycles. The number of nitriles is 1. The SMILES string of the molecule is CC(C#N)Nc1nn(C(C)C)c2cc(Nc3ccnc(N4CC[C@@H](O)[C@@H](F)C4)n3)ncc12. The third kappa shape index (κ3) is 4.40. The van der Waals surface area contributed by atoms with Crippen molar-refractivity contribution in [2.45, 2.75) is 51.6 Å². The molecule has 4 heterocycles. The van der Waals surface area contributed by atoms with Gasteiger partial charge in [-0.15, -0.1) is 0 Å². The molecule has 1 saturated heterocycles. The van der Waals surface area contributed by atoms with Crippen LogP contribution in [0.1, 0.15) is 33.2 Å². The molecule has 0 amide bonds. The van der Waals surface area contributed by atoms with Crippen molar-refractivity contribution in [1.29, 1.82) is 5.26 Å². The first kappa shape index (κ1) is 21.7. The number of pyridine rings is 1. The normalized spacial score (nSPS) is 19.7. The van der Waals surface area contributed by atoms with E-state index in [0.717, 1.165) is 10.9 Å². The van der Waals surface area contributed by atoms with Crippen molar-refractivity contribution in [3.05, 3.63) is 24.5 Å². The zero-order chi connectivity index (χ0) is 22.8. The van der Waals surface area contributed by atoms with Gasteiger partial charge in [0.1, 0.15) is 23.8 Å². The minimum Gasteiger partial charge on any atom is -0.390 e. The lowest BCUT2D eigenvalue weighted by Crippen LogP contribution is -2.45. The highest BCUT2D eigenvalue weighted by Crippen LogP contribution is 2.28. The van der Waals surface area contributed by atoms with Gasteiger partial charge in [-0.25, -0.2) is 14.4 Å². The monoisotopic (exact) mass is 439 g/mol. The van der Waals surface area contributed by atoms with E-state index in [1.54, 1.807) is 30.3 Å². The van der Waals surface area contributed by atoms with Crippen LogP contribution in [0.5, 0.6) is 0 Å². The van der Waals surface area contributed by atoms with Gasteiger partial charge < -0.3 is 20.6 Å². The zero-order valence-electron chi connectivity index (χ0n) is 18.2. The lowest BCUT2D eigenvalue weighted by atomic mass is 10.1. The van der Waals surface area contributed by atoms with Gasteiger partial charge in [0.2, 0.25) is 5.95 Å². The standard InChI is InChI=1S/C21H26FN9O/c1-12(2)31-16-8-19(25-10-14(16)20(29-31)26-13(3)9-23)27-18-4-6-24-21(28-18)30-7-5-17(32)15(22)11-30/h4,6,8,10,12-13,15,17,32H,5,7,11H2,1-3H3,(H,26,29)(H,24,25,27,28)/t13?,15-,17+/m0/s1. The summed E-state index contributed by atoms with van der Waals surface area (Å²) in [6, 6.07) is 5.46. The van der Waals surface area contributed by atoms with Gasteiger partial charge in [0.25, 0.3) is 0 Å². The van der Waals surface area contributed by atoms with Crippen molar-refractivity contribution in [2.24, 2.45) is 0 Å². The van der Waals surface area contributed by atoms with E-state index in [0.29, 0.717) is 36.4 Å². The zero-order valence-corrected chi connectivity index (χ0v) is 18.2. The number of aromatic nitrogens is 5. The van der Waals surface area contributed by atoms with E-state index in [9.17, 15) is 9.50 Å². The molecule has 3 atom stereocenters. The van der Waals surface area contributed by atoms with E-state index in [-0.39, 0.29) is 18.6 Å². The van der Waals surface area contributed by atoms with Crippen LogP contribution in [0.4, 0.5) is 27.8 Å². The minimum atomic E-state index is -1.32. The minimum absolute atomic E-state index is 0.0549. The Labute approximate surface area is 185 Å². The van der Waals surface area contributed by atoms with Crippen molar-refractivity contribution < 1.29 is 9.50 Å². The predicted molar refractivity (Wildman–Crippen MR) is 120 cm³/mol. The van der Waals surface area contributed by atoms with Gasteiger partial charge in [-0.3, -0.25) is 4.68 Å². The Kier molecular flexibility index (Phi) is 6.05. The Bertz CT molecular complexity index is 1140. The topological polar surface area (TPSA) is 128 Å². The van der Waals surface area contributed by atoms with Crippen molar-refractivity contribution >= 4 is 34.3 Å². The highest BCUT2D eigenvalue weighted by Gasteiger charge is 2.28. The van der Waals surface area contributed by atoms with Crippen LogP contribution >= 0.6 is 0 Å². The molecule has 1 aliphatic heterocycles. The number of alkyl halides is 1. The fourth-order valence-electron chi connectivity index (χ4n) is 3.61. The van der Waals surface area contributed by atoms with Gasteiger partial charge >= 0.3 is 0 Å². The summed E-state index contributed by atoms with van der Waals surface area (Å²) >= 11 is 0. The van der Waals surface area contributed by atoms with Crippen molar-refractivity contribution in [3.63, 3.8) is 0 Å². The quantitative estimate of drug-likeness (QED) is 0.531. The Morgan fingerprint density at radius 3 is 2.81 bits per heavy atom. The van der Waals surface area contributed by atoms with Gasteiger partial charge in [0.05, 0.1) is 29.6 Å². The molecule has 3 aromatic rings. The molecule has 0 radical (unpaired) electrons. The van der Waals surface area contributed by atoms with Crippen LogP contribution in [-0.4, -0.2) is 61.2 Å². The van der Waals surface area contributed by atoms with Crippen molar-refractivity contribution in [2.75, 3.05) is 28.6 Å². The average Bonchev–Trinajstić information content (AvgIpc) is 3.13. The Morgan fingerprint density at radius 2 is 2.09 bits per heavy atom. The number of anilines is 4. The molecule has 0 aromatic carbocycles. The lowest BCUT2D eigenvalue weighted by molar-refractivity contribution is 0.0612. The number of rotatable bonds is 6. The third-order valence-electron chi connectivity index (χ3n) is 5.32. The van der Waals surface area contributed by atoms with E-state index in [4.69, 9.17) is 5.26 Å². The molecular formula is C21H26FN9O. The molecule has 1 unspecified atom stereocenters. The smallest absolute Gasteiger partial charge is 0.227 e. The number of fused-ring (bicyclic) bond motifs is 1. The summed E-state index contributed by atoms with van der Waals surface area (Å²) < 4.78 is 15.8. The molecule has 0 bridgehead atoms. The molecule has 3 aromatic heterocycles. The molecule has 4 rings (SSSR count). The molecule has 10 nitrogen and oxygen atoms in total. The summed E-state index contributed by atoms with van der Waals surface area (Å²) in [5.41, 5.74) is 0.865. The number of nitrogens with one attached hydrogen (secondary N) is 2. The summed E-state index contributed by atoms with van der Waals surface area (Å²) in [7, 11) is 0. The molecular weight excluding hydrogens is 413 g/mol. The molecule has 3 N–H and O–H groups in total. The fraction of sp³-hybridized carbons (Fsp3) is 0.476. The summed E-state index contributed by atoms with van der Waals surface area (Å²) in [5.74, 6) is 2.10. The van der Waals surface area contributed by atoms with Gasteiger partial charge in [-0.1, -0.05) is 0 Å². The summed E-state index contributed by atoms with van der Waals surface area (Å²) in [5, 5.41) is 30.4. The first-order valence-corrected chi connectivity index (χ1v) is 10.6. The molecule has 168 valence electrons. The Morgan fingerprint density at radius 1 is 1.28 bits per heavy atom. The van der Waals surface area contributed by atoms with Crippen LogP contribution in [0.15, 0.2) is 24.5 Å². The highest BCUT2D eigenvalue weighted by molar-refractivity contribution is 5.91. The maximum atomic E-state index is 13.9. The molecule has 1 fully saturated rings. The van der Waals surface area contributed by atoms with Crippen LogP contribution in [0, 0.1) is 11.3 Å². The first-order chi connectivity index (χ1) is 15.4. The van der Waals surface area contributed by atoms with Crippen LogP contribution < -0.4 is 15.5 Å². The first-order valence-electron chi connectivity index (χ1n) is 10.6. The highest BCUT2D eigenvalue weighted by atomic mass is 19.1. The summed E-state index contributed by atoms with van der Waals surface area (Å²) in [6.45, 7) is 6.37. The van der Waals surface area contributed by atoms with Crippen LogP contribution in [0.2, 0.25) is 0 Å². The van der Waals surface area contributed by atoms with Gasteiger partial charge in [0, 0.05) is 31.0 Å². The second-order valence-corrected chi connectivity index (χ2v) is 8.15. The largest absolute Gasteiger partial charge is 0.390 e. The van der Waals surface area contributed by atoms with E-state index < -0.39 is 12.3 Å². The number of hydrogen-bond donors (Lipinski definition) is 3. The Balaban J connectivity index is 1.60.